The Labute approximate surface area is 262 Å². The Bertz CT molecular complexity index is 1420. The summed E-state index contributed by atoms with van der Waals surface area (Å²) in [6.07, 6.45) is 8.27. The van der Waals surface area contributed by atoms with Gasteiger partial charge in [0.25, 0.3) is 5.91 Å². The summed E-state index contributed by atoms with van der Waals surface area (Å²) in [5.74, 6) is -0.882. The van der Waals surface area contributed by atoms with Crippen LogP contribution in [0.5, 0.6) is 0 Å². The Balaban J connectivity index is 1.49. The van der Waals surface area contributed by atoms with E-state index in [0.29, 0.717) is 37.1 Å². The zero-order valence-corrected chi connectivity index (χ0v) is 26.5. The molecule has 0 spiro atoms. The van der Waals surface area contributed by atoms with E-state index in [1.165, 1.54) is 10.9 Å². The summed E-state index contributed by atoms with van der Waals surface area (Å²) in [6, 6.07) is 5.93. The third-order valence-corrected chi connectivity index (χ3v) is 7.87. The van der Waals surface area contributed by atoms with Crippen molar-refractivity contribution in [3.63, 3.8) is 0 Å². The van der Waals surface area contributed by atoms with Crippen molar-refractivity contribution < 1.29 is 23.5 Å². The highest BCUT2D eigenvalue weighted by Crippen LogP contribution is 2.34. The summed E-state index contributed by atoms with van der Waals surface area (Å²) in [5.41, 5.74) is 1.63. The van der Waals surface area contributed by atoms with Crippen LogP contribution in [-0.2, 0) is 9.53 Å². The van der Waals surface area contributed by atoms with Gasteiger partial charge in [0.2, 0.25) is 5.91 Å². The van der Waals surface area contributed by atoms with Crippen molar-refractivity contribution in [2.45, 2.75) is 89.9 Å². The van der Waals surface area contributed by atoms with Crippen LogP contribution in [0.2, 0.25) is 5.15 Å². The van der Waals surface area contributed by atoms with E-state index in [9.17, 15) is 18.8 Å². The smallest absolute Gasteiger partial charge is 0.407 e. The number of halogens is 2. The van der Waals surface area contributed by atoms with E-state index in [0.717, 1.165) is 24.8 Å². The number of ether oxygens (including phenoxy) is 1. The molecule has 10 nitrogen and oxygen atoms in total. The van der Waals surface area contributed by atoms with Crippen molar-refractivity contribution in [1.82, 2.24) is 25.7 Å². The molecule has 1 aliphatic heterocycles. The fourth-order valence-corrected chi connectivity index (χ4v) is 5.53. The van der Waals surface area contributed by atoms with Crippen LogP contribution in [0.15, 0.2) is 54.0 Å². The number of nitrogens with zero attached hydrogens (tertiary/aromatic N) is 2. The quantitative estimate of drug-likeness (QED) is 0.305. The van der Waals surface area contributed by atoms with Crippen LogP contribution in [-0.4, -0.2) is 52.4 Å². The molecular weight excluding hydrogens is 587 g/mol. The zero-order valence-electron chi connectivity index (χ0n) is 25.7. The van der Waals surface area contributed by atoms with Gasteiger partial charge in [-0.3, -0.25) is 9.59 Å². The number of fused-ring (bicyclic) bond motifs is 2. The van der Waals surface area contributed by atoms with Gasteiger partial charge in [0.15, 0.2) is 0 Å². The van der Waals surface area contributed by atoms with Gasteiger partial charge < -0.3 is 26.0 Å². The Kier molecular flexibility index (Phi) is 11.1. The molecule has 2 aromatic rings. The summed E-state index contributed by atoms with van der Waals surface area (Å²) in [4.78, 5) is 38.6. The number of alkyl carbamates (subject to hydrolysis) is 1. The molecule has 1 aromatic heterocycles. The van der Waals surface area contributed by atoms with E-state index in [-0.39, 0.29) is 35.0 Å². The zero-order chi connectivity index (χ0) is 31.9. The summed E-state index contributed by atoms with van der Waals surface area (Å²) in [7, 11) is 0. The van der Waals surface area contributed by atoms with Gasteiger partial charge in [-0.05, 0) is 76.6 Å². The molecule has 4 N–H and O–H groups in total. The van der Waals surface area contributed by atoms with Crippen molar-refractivity contribution >= 4 is 35.2 Å². The maximum Gasteiger partial charge on any atom is 0.407 e. The van der Waals surface area contributed by atoms with Crippen LogP contribution in [0.3, 0.4) is 0 Å². The minimum atomic E-state index is -0.689. The lowest BCUT2D eigenvalue weighted by Gasteiger charge is -2.23. The van der Waals surface area contributed by atoms with Crippen molar-refractivity contribution in [3.05, 3.63) is 70.3 Å². The van der Waals surface area contributed by atoms with Crippen molar-refractivity contribution in [2.24, 2.45) is 0 Å². The van der Waals surface area contributed by atoms with Crippen LogP contribution in [0.1, 0.15) is 94.2 Å². The number of rotatable bonds is 6. The Hall–Kier alpha value is -3.86. The molecule has 1 aliphatic carbocycles. The van der Waals surface area contributed by atoms with E-state index in [4.69, 9.17) is 16.3 Å². The normalized spacial score (nSPS) is 21.2. The molecule has 44 heavy (non-hydrogen) atoms. The maximum absolute atomic E-state index is 14.8. The molecule has 0 saturated carbocycles. The monoisotopic (exact) mass is 628 g/mol. The summed E-state index contributed by atoms with van der Waals surface area (Å²) in [6.45, 7) is 7.80. The SMILES string of the molecule is CC1=C(F)C(n2ncc(C(=O)N[C@H]3CCCCCNC(=O)[C@H](CCNC(=O)OC(C)(C)C)Nc4cccc3c4)c2Cl)CC=C1. The lowest BCUT2D eigenvalue weighted by molar-refractivity contribution is -0.122. The number of anilines is 1. The van der Waals surface area contributed by atoms with Crippen LogP contribution in [0.25, 0.3) is 0 Å². The number of carbonyl (C=O) groups excluding carboxylic acids is 3. The molecule has 4 rings (SSSR count). The fourth-order valence-electron chi connectivity index (χ4n) is 5.23. The summed E-state index contributed by atoms with van der Waals surface area (Å²) < 4.78 is 21.5. The van der Waals surface area contributed by atoms with Gasteiger partial charge in [-0.25, -0.2) is 13.9 Å². The van der Waals surface area contributed by atoms with Gasteiger partial charge in [-0.1, -0.05) is 48.7 Å². The second-order valence-corrected chi connectivity index (χ2v) is 12.5. The van der Waals surface area contributed by atoms with Gasteiger partial charge in [-0.2, -0.15) is 5.10 Å². The first-order valence-corrected chi connectivity index (χ1v) is 15.5. The van der Waals surface area contributed by atoms with E-state index in [1.54, 1.807) is 33.8 Å². The molecule has 12 heteroatoms. The fraction of sp³-hybridized carbons (Fsp3) is 0.500. The van der Waals surface area contributed by atoms with E-state index in [2.05, 4.69) is 26.4 Å². The first-order valence-electron chi connectivity index (χ1n) is 15.1. The molecule has 3 amide bonds. The second-order valence-electron chi connectivity index (χ2n) is 12.2. The van der Waals surface area contributed by atoms with Crippen LogP contribution in [0, 0.1) is 0 Å². The Morgan fingerprint density at radius 3 is 2.80 bits per heavy atom. The number of hydrogen-bond donors (Lipinski definition) is 4. The van der Waals surface area contributed by atoms with E-state index >= 15 is 0 Å². The highest BCUT2D eigenvalue weighted by molar-refractivity contribution is 6.32. The van der Waals surface area contributed by atoms with Crippen molar-refractivity contribution in [2.75, 3.05) is 18.4 Å². The number of hydrogen-bond acceptors (Lipinski definition) is 6. The Morgan fingerprint density at radius 1 is 1.23 bits per heavy atom. The average Bonchev–Trinajstić information content (AvgIpc) is 3.34. The highest BCUT2D eigenvalue weighted by atomic mass is 35.5. The lowest BCUT2D eigenvalue weighted by atomic mass is 9.99. The van der Waals surface area contributed by atoms with Crippen molar-refractivity contribution in [1.29, 1.82) is 0 Å². The summed E-state index contributed by atoms with van der Waals surface area (Å²) >= 11 is 6.58. The highest BCUT2D eigenvalue weighted by Gasteiger charge is 2.28. The number of carbonyl (C=O) groups is 3. The van der Waals surface area contributed by atoms with Gasteiger partial charge >= 0.3 is 6.09 Å². The topological polar surface area (TPSA) is 126 Å². The molecule has 0 radical (unpaired) electrons. The number of aromatic nitrogens is 2. The summed E-state index contributed by atoms with van der Waals surface area (Å²) in [5, 5.41) is 16.4. The molecule has 238 valence electrons. The second kappa shape index (κ2) is 14.7. The lowest BCUT2D eigenvalue weighted by Crippen LogP contribution is -2.42. The maximum atomic E-state index is 14.8. The number of benzene rings is 1. The predicted molar refractivity (Wildman–Crippen MR) is 168 cm³/mol. The minimum Gasteiger partial charge on any atom is -0.444 e. The van der Waals surface area contributed by atoms with Crippen LogP contribution >= 0.6 is 11.6 Å². The van der Waals surface area contributed by atoms with Crippen LogP contribution in [0.4, 0.5) is 14.9 Å². The molecule has 0 saturated heterocycles. The molecule has 2 heterocycles. The third kappa shape index (κ3) is 8.84. The standard InChI is InChI=1S/C32H42ClFN6O4/c1-20-10-8-14-26(27(20)34)40-28(33)23(19-37-40)29(41)39-24-13-6-5-7-16-35-30(42)25(38-22-12-9-11-21(24)18-22)15-17-36-31(43)44-32(2,3)4/h8-12,18-19,24-26,38H,5-7,13-17H2,1-4H3,(H,35,42)(H,36,43)(H,39,41)/t24-,25-,26?/m0/s1. The molecule has 1 unspecified atom stereocenters. The number of amides is 3. The van der Waals surface area contributed by atoms with E-state index < -0.39 is 29.7 Å². The molecule has 1 aromatic carbocycles. The van der Waals surface area contributed by atoms with E-state index in [1.807, 2.05) is 30.3 Å². The van der Waals surface area contributed by atoms with Gasteiger partial charge in [-0.15, -0.1) is 0 Å². The Morgan fingerprint density at radius 2 is 2.02 bits per heavy atom. The number of allylic oxidation sites excluding steroid dienone is 4. The van der Waals surface area contributed by atoms with Gasteiger partial charge in [0.05, 0.1) is 17.8 Å². The molecule has 2 aliphatic rings. The van der Waals surface area contributed by atoms with Crippen molar-refractivity contribution in [3.8, 4) is 0 Å². The first kappa shape index (κ1) is 33.0. The molecule has 2 bridgehead atoms. The predicted octanol–water partition coefficient (Wildman–Crippen LogP) is 6.14. The first-order chi connectivity index (χ1) is 20.9. The average molecular weight is 629 g/mol. The third-order valence-electron chi connectivity index (χ3n) is 7.49. The molecule has 3 atom stereocenters. The molecular formula is C32H42ClFN6O4. The van der Waals surface area contributed by atoms with Gasteiger partial charge in [0.1, 0.15) is 28.7 Å². The minimum absolute atomic E-state index is 0.0817. The largest absolute Gasteiger partial charge is 0.444 e. The van der Waals surface area contributed by atoms with Gasteiger partial charge in [0, 0.05) is 18.8 Å². The number of nitrogens with one attached hydrogen (secondary N) is 4. The molecule has 0 fully saturated rings. The van der Waals surface area contributed by atoms with Crippen LogP contribution < -0.4 is 21.3 Å².